The molecule has 0 radical (unpaired) electrons. The fourth-order valence-corrected chi connectivity index (χ4v) is 8.08. The van der Waals surface area contributed by atoms with Crippen LogP contribution in [0.2, 0.25) is 0 Å². The van der Waals surface area contributed by atoms with E-state index in [2.05, 4.69) is 118 Å². The Hall–Kier alpha value is -4.75. The molecule has 4 aliphatic rings. The molecule has 4 fully saturated rings. The Kier molecular flexibility index (Phi) is 9.25. The molecule has 0 unspecified atom stereocenters. The third-order valence-electron chi connectivity index (χ3n) is 10.5. The summed E-state index contributed by atoms with van der Waals surface area (Å²) in [7, 11) is 0. The highest BCUT2D eigenvalue weighted by Crippen LogP contribution is 2.33. The number of likely N-dealkylation sites (tertiary alicyclic amines) is 3. The van der Waals surface area contributed by atoms with Crippen molar-refractivity contribution in [2.75, 3.05) is 26.2 Å². The van der Waals surface area contributed by atoms with Crippen molar-refractivity contribution in [3.8, 4) is 28.0 Å². The fraction of sp³-hybridized carbons (Fsp3) is 0.279. The third kappa shape index (κ3) is 7.32. The predicted molar refractivity (Wildman–Crippen MR) is 196 cm³/mol. The van der Waals surface area contributed by atoms with E-state index >= 15 is 0 Å². The average molecular weight is 649 g/mol. The molecule has 1 N–H and O–H groups in total. The Labute approximate surface area is 289 Å². The van der Waals surface area contributed by atoms with Gasteiger partial charge in [-0.25, -0.2) is 4.79 Å². The lowest BCUT2D eigenvalue weighted by Crippen LogP contribution is -2.49. The summed E-state index contributed by atoms with van der Waals surface area (Å²) in [6.45, 7) is 6.04. The molecule has 0 spiro atoms. The molecule has 4 saturated heterocycles. The van der Waals surface area contributed by atoms with E-state index in [0.717, 1.165) is 44.7 Å². The molecule has 0 aromatic heterocycles. The number of hydrogen-bond acceptors (Lipinski definition) is 5. The molecule has 9 rings (SSSR count). The van der Waals surface area contributed by atoms with Crippen LogP contribution in [0, 0.1) is 0 Å². The van der Waals surface area contributed by atoms with Crippen molar-refractivity contribution in [1.29, 1.82) is 0 Å². The van der Waals surface area contributed by atoms with E-state index in [4.69, 9.17) is 4.74 Å². The van der Waals surface area contributed by atoms with Crippen LogP contribution in [0.4, 0.5) is 4.79 Å². The predicted octanol–water partition coefficient (Wildman–Crippen LogP) is 7.71. The Morgan fingerprint density at radius 1 is 0.571 bits per heavy atom. The summed E-state index contributed by atoms with van der Waals surface area (Å²) in [5, 5.41) is 3.57. The van der Waals surface area contributed by atoms with Crippen LogP contribution in [0.25, 0.3) is 22.3 Å². The van der Waals surface area contributed by atoms with Gasteiger partial charge in [0.25, 0.3) is 0 Å². The monoisotopic (exact) mass is 648 g/mol. The standard InChI is InChI=1S/C25H24N2O2.C18H20N2/c28-25(29-24-12-5-2-6-13-24)27-18-22-15-23(27)17-26(22)16-19-8-7-11-21(14-19)20-9-3-1-4-10-20;1-2-6-15(7-3-1)16-8-4-5-14(9-16)12-20-13-17-10-18(20)11-19-17/h1-14,22-23H,15-18H2;1-9,17-19H,10-13H2/t22-,23-;17-,18-/m00/s1. The summed E-state index contributed by atoms with van der Waals surface area (Å²) < 4.78 is 5.54. The number of ether oxygens (including phenoxy) is 1. The van der Waals surface area contributed by atoms with E-state index in [-0.39, 0.29) is 12.1 Å². The zero-order valence-electron chi connectivity index (χ0n) is 27.9. The van der Waals surface area contributed by atoms with Crippen LogP contribution in [0.1, 0.15) is 24.0 Å². The molecular formula is C43H44N4O2. The van der Waals surface area contributed by atoms with E-state index in [1.807, 2.05) is 41.3 Å². The molecule has 4 heterocycles. The van der Waals surface area contributed by atoms with Crippen LogP contribution in [-0.4, -0.2) is 71.1 Å². The molecule has 49 heavy (non-hydrogen) atoms. The van der Waals surface area contributed by atoms with Crippen molar-refractivity contribution in [1.82, 2.24) is 20.0 Å². The van der Waals surface area contributed by atoms with Gasteiger partial charge < -0.3 is 15.0 Å². The average Bonchev–Trinajstić information content (AvgIpc) is 3.97. The minimum Gasteiger partial charge on any atom is -0.410 e. The Morgan fingerprint density at radius 2 is 1.12 bits per heavy atom. The van der Waals surface area contributed by atoms with Gasteiger partial charge in [-0.15, -0.1) is 0 Å². The van der Waals surface area contributed by atoms with Crippen LogP contribution in [0.15, 0.2) is 140 Å². The van der Waals surface area contributed by atoms with Crippen LogP contribution in [0.5, 0.6) is 5.75 Å². The van der Waals surface area contributed by atoms with Gasteiger partial charge in [0.2, 0.25) is 0 Å². The molecule has 5 aromatic rings. The van der Waals surface area contributed by atoms with Crippen molar-refractivity contribution in [2.24, 2.45) is 0 Å². The number of carbonyl (C=O) groups excluding carboxylic acids is 1. The zero-order chi connectivity index (χ0) is 33.0. The zero-order valence-corrected chi connectivity index (χ0v) is 27.9. The third-order valence-corrected chi connectivity index (χ3v) is 10.5. The van der Waals surface area contributed by atoms with Gasteiger partial charge in [-0.05, 0) is 70.5 Å². The lowest BCUT2D eigenvalue weighted by molar-refractivity contribution is 0.105. The smallest absolute Gasteiger partial charge is 0.410 e. The second kappa shape index (κ2) is 14.4. The first-order chi connectivity index (χ1) is 24.1. The maximum Gasteiger partial charge on any atom is 0.415 e. The number of hydrogen-bond donors (Lipinski definition) is 1. The van der Waals surface area contributed by atoms with Crippen molar-refractivity contribution < 1.29 is 9.53 Å². The van der Waals surface area contributed by atoms with Gasteiger partial charge in [0.05, 0.1) is 0 Å². The molecule has 0 aliphatic carbocycles. The van der Waals surface area contributed by atoms with Crippen molar-refractivity contribution in [2.45, 2.75) is 50.1 Å². The van der Waals surface area contributed by atoms with Gasteiger partial charge in [-0.1, -0.05) is 115 Å². The SMILES string of the molecule is O=C(Oc1ccccc1)N1C[C@@H]2C[C@H]1CN2Cc1cccc(-c2ccccc2)c1.c1ccc(-c2cccc(CN3C[C@@H]4C[C@H]3CN4)c2)cc1. The molecule has 248 valence electrons. The molecule has 0 saturated carbocycles. The normalized spacial score (nSPS) is 22.6. The number of piperazine rings is 2. The molecule has 4 atom stereocenters. The fourth-order valence-electron chi connectivity index (χ4n) is 8.08. The lowest BCUT2D eigenvalue weighted by atomic mass is 10.0. The molecule has 1 amide bonds. The molecular weight excluding hydrogens is 604 g/mol. The van der Waals surface area contributed by atoms with Crippen molar-refractivity contribution in [3.05, 3.63) is 151 Å². The maximum absolute atomic E-state index is 12.6. The first-order valence-corrected chi connectivity index (χ1v) is 17.7. The minimum absolute atomic E-state index is 0.227. The highest BCUT2D eigenvalue weighted by atomic mass is 16.6. The summed E-state index contributed by atoms with van der Waals surface area (Å²) in [6, 6.07) is 50.3. The highest BCUT2D eigenvalue weighted by molar-refractivity contribution is 5.72. The molecule has 4 aliphatic heterocycles. The Balaban J connectivity index is 0.000000152. The van der Waals surface area contributed by atoms with Gasteiger partial charge in [0, 0.05) is 63.4 Å². The quantitative estimate of drug-likeness (QED) is 0.196. The molecule has 5 aromatic carbocycles. The first-order valence-electron chi connectivity index (χ1n) is 17.7. The summed E-state index contributed by atoms with van der Waals surface area (Å²) in [5.41, 5.74) is 7.87. The highest BCUT2D eigenvalue weighted by Gasteiger charge is 2.45. The number of nitrogens with zero attached hydrogens (tertiary/aromatic N) is 3. The van der Waals surface area contributed by atoms with Crippen molar-refractivity contribution in [3.63, 3.8) is 0 Å². The van der Waals surface area contributed by atoms with E-state index < -0.39 is 0 Å². The van der Waals surface area contributed by atoms with Crippen molar-refractivity contribution >= 4 is 6.09 Å². The van der Waals surface area contributed by atoms with Crippen LogP contribution in [0.3, 0.4) is 0 Å². The van der Waals surface area contributed by atoms with Crippen LogP contribution < -0.4 is 10.1 Å². The van der Waals surface area contributed by atoms with Gasteiger partial charge in [0.1, 0.15) is 5.75 Å². The lowest BCUT2D eigenvalue weighted by Gasteiger charge is -2.33. The number of rotatable bonds is 7. The second-order valence-corrected chi connectivity index (χ2v) is 13.9. The molecule has 6 heteroatoms. The summed E-state index contributed by atoms with van der Waals surface area (Å²) in [5.74, 6) is 0.606. The van der Waals surface area contributed by atoms with Crippen LogP contribution >= 0.6 is 0 Å². The number of carbonyl (C=O) groups is 1. The number of amides is 1. The van der Waals surface area contributed by atoms with E-state index in [0.29, 0.717) is 11.8 Å². The number of benzene rings is 5. The van der Waals surface area contributed by atoms with Gasteiger partial charge in [0.15, 0.2) is 0 Å². The minimum atomic E-state index is -0.227. The summed E-state index contributed by atoms with van der Waals surface area (Å²) >= 11 is 0. The largest absolute Gasteiger partial charge is 0.415 e. The molecule has 4 bridgehead atoms. The first kappa shape index (κ1) is 31.5. The number of fused-ring (bicyclic) bond motifs is 4. The topological polar surface area (TPSA) is 48.1 Å². The Morgan fingerprint density at radius 3 is 1.63 bits per heavy atom. The number of para-hydroxylation sites is 1. The second-order valence-electron chi connectivity index (χ2n) is 13.9. The van der Waals surface area contributed by atoms with E-state index in [1.165, 1.54) is 52.9 Å². The maximum atomic E-state index is 12.6. The molecule has 6 nitrogen and oxygen atoms in total. The summed E-state index contributed by atoms with van der Waals surface area (Å²) in [4.78, 5) is 19.6. The number of nitrogens with one attached hydrogen (secondary N) is 1. The van der Waals surface area contributed by atoms with Gasteiger partial charge in [-0.3, -0.25) is 9.80 Å². The van der Waals surface area contributed by atoms with E-state index in [9.17, 15) is 4.79 Å². The van der Waals surface area contributed by atoms with Gasteiger partial charge in [-0.2, -0.15) is 0 Å². The van der Waals surface area contributed by atoms with Crippen LogP contribution in [-0.2, 0) is 13.1 Å². The summed E-state index contributed by atoms with van der Waals surface area (Å²) in [6.07, 6.45) is 2.13. The van der Waals surface area contributed by atoms with E-state index in [1.54, 1.807) is 0 Å². The Bertz CT molecular complexity index is 1850. The van der Waals surface area contributed by atoms with Gasteiger partial charge >= 0.3 is 6.09 Å².